The SMILES string of the molecule is O=C(c1ccc(Br)c(O)c1)N(CCBr)C1CC1. The zero-order chi connectivity index (χ0) is 12.4. The molecule has 17 heavy (non-hydrogen) atoms. The van der Waals surface area contributed by atoms with Crippen molar-refractivity contribution in [1.29, 1.82) is 0 Å². The molecule has 1 aromatic rings. The summed E-state index contributed by atoms with van der Waals surface area (Å²) in [5.74, 6) is 0.0974. The van der Waals surface area contributed by atoms with Crippen molar-refractivity contribution < 1.29 is 9.90 Å². The van der Waals surface area contributed by atoms with Gasteiger partial charge >= 0.3 is 0 Å². The number of rotatable bonds is 4. The number of aromatic hydroxyl groups is 1. The summed E-state index contributed by atoms with van der Waals surface area (Å²) >= 11 is 6.57. The number of alkyl halides is 1. The monoisotopic (exact) mass is 361 g/mol. The van der Waals surface area contributed by atoms with Gasteiger partial charge in [-0.1, -0.05) is 15.9 Å². The first-order valence-electron chi connectivity index (χ1n) is 5.49. The number of amides is 1. The fourth-order valence-electron chi connectivity index (χ4n) is 1.74. The highest BCUT2D eigenvalue weighted by Gasteiger charge is 2.32. The van der Waals surface area contributed by atoms with Gasteiger partial charge in [-0.2, -0.15) is 0 Å². The summed E-state index contributed by atoms with van der Waals surface area (Å²) in [6.07, 6.45) is 2.17. The van der Waals surface area contributed by atoms with E-state index in [4.69, 9.17) is 0 Å². The van der Waals surface area contributed by atoms with Crippen molar-refractivity contribution in [3.8, 4) is 5.75 Å². The minimum Gasteiger partial charge on any atom is -0.507 e. The molecule has 1 N–H and O–H groups in total. The highest BCUT2D eigenvalue weighted by atomic mass is 79.9. The highest BCUT2D eigenvalue weighted by Crippen LogP contribution is 2.30. The van der Waals surface area contributed by atoms with Crippen LogP contribution in [0.15, 0.2) is 22.7 Å². The van der Waals surface area contributed by atoms with E-state index in [1.165, 1.54) is 6.07 Å². The normalized spacial score (nSPS) is 14.7. The van der Waals surface area contributed by atoms with Crippen LogP contribution in [-0.4, -0.2) is 33.8 Å². The third kappa shape index (κ3) is 3.01. The second kappa shape index (κ2) is 5.40. The van der Waals surface area contributed by atoms with Gasteiger partial charge in [-0.25, -0.2) is 0 Å². The first-order valence-corrected chi connectivity index (χ1v) is 7.40. The van der Waals surface area contributed by atoms with Gasteiger partial charge in [-0.05, 0) is 47.0 Å². The van der Waals surface area contributed by atoms with Crippen molar-refractivity contribution in [3.05, 3.63) is 28.2 Å². The second-order valence-corrected chi connectivity index (χ2v) is 5.73. The molecule has 1 fully saturated rings. The number of carbonyl (C=O) groups excluding carboxylic acids is 1. The standard InChI is InChI=1S/C12H13Br2NO2/c13-5-6-15(9-2-3-9)12(17)8-1-4-10(14)11(16)7-8/h1,4,7,9,16H,2-3,5-6H2. The summed E-state index contributed by atoms with van der Waals surface area (Å²) in [4.78, 5) is 14.1. The topological polar surface area (TPSA) is 40.5 Å². The molecule has 5 heteroatoms. The number of nitrogens with zero attached hydrogens (tertiary/aromatic N) is 1. The molecule has 0 radical (unpaired) electrons. The second-order valence-electron chi connectivity index (χ2n) is 4.08. The van der Waals surface area contributed by atoms with Crippen LogP contribution >= 0.6 is 31.9 Å². The summed E-state index contributed by atoms with van der Waals surface area (Å²) in [7, 11) is 0. The van der Waals surface area contributed by atoms with Gasteiger partial charge in [-0.15, -0.1) is 0 Å². The third-order valence-corrected chi connectivity index (χ3v) is 3.79. The third-order valence-electron chi connectivity index (χ3n) is 2.77. The van der Waals surface area contributed by atoms with Crippen LogP contribution in [0.5, 0.6) is 5.75 Å². The molecule has 0 aliphatic heterocycles. The lowest BCUT2D eigenvalue weighted by atomic mass is 10.2. The van der Waals surface area contributed by atoms with E-state index in [9.17, 15) is 9.90 Å². The zero-order valence-corrected chi connectivity index (χ0v) is 12.4. The molecule has 0 spiro atoms. The molecule has 0 heterocycles. The van der Waals surface area contributed by atoms with Crippen LogP contribution in [0.2, 0.25) is 0 Å². The molecule has 0 atom stereocenters. The molecule has 0 unspecified atom stereocenters. The predicted octanol–water partition coefficient (Wildman–Crippen LogP) is 3.15. The van der Waals surface area contributed by atoms with Crippen LogP contribution in [0, 0.1) is 0 Å². The molecule has 1 saturated carbocycles. The van der Waals surface area contributed by atoms with Crippen LogP contribution < -0.4 is 0 Å². The highest BCUT2D eigenvalue weighted by molar-refractivity contribution is 9.10. The fourth-order valence-corrected chi connectivity index (χ4v) is 2.37. The van der Waals surface area contributed by atoms with E-state index in [1.54, 1.807) is 12.1 Å². The lowest BCUT2D eigenvalue weighted by Gasteiger charge is -2.21. The quantitative estimate of drug-likeness (QED) is 0.836. The average Bonchev–Trinajstić information content (AvgIpc) is 3.13. The molecular formula is C12H13Br2NO2. The Morgan fingerprint density at radius 1 is 1.47 bits per heavy atom. The van der Waals surface area contributed by atoms with Crippen LogP contribution in [0.25, 0.3) is 0 Å². The first-order chi connectivity index (χ1) is 8.13. The van der Waals surface area contributed by atoms with Crippen LogP contribution in [0.1, 0.15) is 23.2 Å². The van der Waals surface area contributed by atoms with Crippen molar-refractivity contribution in [1.82, 2.24) is 4.90 Å². The summed E-state index contributed by atoms with van der Waals surface area (Å²) in [5, 5.41) is 10.4. The largest absolute Gasteiger partial charge is 0.507 e. The van der Waals surface area contributed by atoms with Gasteiger partial charge in [0.05, 0.1) is 4.47 Å². The zero-order valence-electron chi connectivity index (χ0n) is 9.20. The van der Waals surface area contributed by atoms with Gasteiger partial charge in [0.15, 0.2) is 0 Å². The molecule has 1 aliphatic rings. The molecule has 0 aromatic heterocycles. The van der Waals surface area contributed by atoms with Gasteiger partial charge in [0, 0.05) is 23.5 Å². The van der Waals surface area contributed by atoms with Gasteiger partial charge in [0.2, 0.25) is 0 Å². The fraction of sp³-hybridized carbons (Fsp3) is 0.417. The number of carbonyl (C=O) groups is 1. The summed E-state index contributed by atoms with van der Waals surface area (Å²) in [6, 6.07) is 5.32. The Morgan fingerprint density at radius 2 is 2.18 bits per heavy atom. The molecule has 0 bridgehead atoms. The van der Waals surface area contributed by atoms with Crippen LogP contribution in [0.3, 0.4) is 0 Å². The Morgan fingerprint density at radius 3 is 2.71 bits per heavy atom. The van der Waals surface area contributed by atoms with Crippen molar-refractivity contribution in [3.63, 3.8) is 0 Å². The molecule has 1 amide bonds. The van der Waals surface area contributed by atoms with Gasteiger partial charge < -0.3 is 10.0 Å². The number of halogens is 2. The van der Waals surface area contributed by atoms with E-state index in [2.05, 4.69) is 31.9 Å². The maximum atomic E-state index is 12.3. The Bertz CT molecular complexity index is 433. The predicted molar refractivity (Wildman–Crippen MR) is 73.7 cm³/mol. The Kier molecular flexibility index (Phi) is 4.09. The molecule has 1 aromatic carbocycles. The van der Waals surface area contributed by atoms with Crippen molar-refractivity contribution in [2.24, 2.45) is 0 Å². The molecular weight excluding hydrogens is 350 g/mol. The number of benzene rings is 1. The minimum absolute atomic E-state index is 0.00486. The average molecular weight is 363 g/mol. The molecule has 1 aliphatic carbocycles. The number of hydrogen-bond donors (Lipinski definition) is 1. The smallest absolute Gasteiger partial charge is 0.254 e. The maximum Gasteiger partial charge on any atom is 0.254 e. The molecule has 2 rings (SSSR count). The van der Waals surface area contributed by atoms with E-state index >= 15 is 0 Å². The van der Waals surface area contributed by atoms with E-state index in [0.717, 1.165) is 18.2 Å². The molecule has 92 valence electrons. The van der Waals surface area contributed by atoms with Crippen LogP contribution in [0.4, 0.5) is 0 Å². The lowest BCUT2D eigenvalue weighted by Crippen LogP contribution is -2.34. The maximum absolute atomic E-state index is 12.3. The van der Waals surface area contributed by atoms with Crippen molar-refractivity contribution >= 4 is 37.8 Å². The van der Waals surface area contributed by atoms with Crippen LogP contribution in [-0.2, 0) is 0 Å². The van der Waals surface area contributed by atoms with E-state index in [1.807, 2.05) is 4.90 Å². The van der Waals surface area contributed by atoms with E-state index in [0.29, 0.717) is 22.6 Å². The Labute approximate surface area is 117 Å². The number of hydrogen-bond acceptors (Lipinski definition) is 2. The number of phenolic OH excluding ortho intramolecular Hbond substituents is 1. The summed E-state index contributed by atoms with van der Waals surface area (Å²) < 4.78 is 0.604. The van der Waals surface area contributed by atoms with E-state index in [-0.39, 0.29) is 11.7 Å². The Balaban J connectivity index is 2.19. The molecule has 3 nitrogen and oxygen atoms in total. The minimum atomic E-state index is -0.00486. The summed E-state index contributed by atoms with van der Waals surface area (Å²) in [5.41, 5.74) is 0.540. The Hall–Kier alpha value is -0.550. The van der Waals surface area contributed by atoms with Crippen molar-refractivity contribution in [2.45, 2.75) is 18.9 Å². The molecule has 0 saturated heterocycles. The first kappa shape index (κ1) is 12.9. The number of phenols is 1. The lowest BCUT2D eigenvalue weighted by molar-refractivity contribution is 0.0754. The van der Waals surface area contributed by atoms with Gasteiger partial charge in [0.25, 0.3) is 5.91 Å². The van der Waals surface area contributed by atoms with E-state index < -0.39 is 0 Å². The van der Waals surface area contributed by atoms with Crippen molar-refractivity contribution in [2.75, 3.05) is 11.9 Å². The van der Waals surface area contributed by atoms with Gasteiger partial charge in [0.1, 0.15) is 5.75 Å². The van der Waals surface area contributed by atoms with Gasteiger partial charge in [-0.3, -0.25) is 4.79 Å². The summed E-state index contributed by atoms with van der Waals surface area (Å²) in [6.45, 7) is 0.709.